The van der Waals surface area contributed by atoms with Crippen LogP contribution in [0.15, 0.2) is 42.5 Å². The Bertz CT molecular complexity index is 1130. The molecule has 0 radical (unpaired) electrons. The van der Waals surface area contributed by atoms with Crippen LogP contribution in [0, 0.1) is 0 Å². The minimum absolute atomic E-state index is 0.00372. The number of hydrogen-bond acceptors (Lipinski definition) is 8. The predicted molar refractivity (Wildman–Crippen MR) is 135 cm³/mol. The third-order valence-electron chi connectivity index (χ3n) is 5.39. The maximum absolute atomic E-state index is 12.5. The Morgan fingerprint density at radius 2 is 1.69 bits per heavy atom. The summed E-state index contributed by atoms with van der Waals surface area (Å²) in [6.07, 6.45) is 1.17. The van der Waals surface area contributed by atoms with Crippen molar-refractivity contribution in [2.45, 2.75) is 26.2 Å². The van der Waals surface area contributed by atoms with E-state index in [1.54, 1.807) is 26.2 Å². The Morgan fingerprint density at radius 1 is 0.943 bits per heavy atom. The van der Waals surface area contributed by atoms with Crippen LogP contribution in [0.5, 0.6) is 17.2 Å². The number of methoxy groups -OCH3 is 3. The number of amides is 2. The van der Waals surface area contributed by atoms with E-state index >= 15 is 0 Å². The quantitative estimate of drug-likeness (QED) is 0.402. The van der Waals surface area contributed by atoms with Crippen molar-refractivity contribution >= 4 is 28.3 Å². The van der Waals surface area contributed by atoms with Crippen molar-refractivity contribution in [2.75, 3.05) is 39.7 Å². The average Bonchev–Trinajstić information content (AvgIpc) is 3.36. The van der Waals surface area contributed by atoms with E-state index in [4.69, 9.17) is 14.2 Å². The zero-order valence-corrected chi connectivity index (χ0v) is 21.2. The molecule has 0 fully saturated rings. The van der Waals surface area contributed by atoms with Crippen molar-refractivity contribution in [3.63, 3.8) is 0 Å². The van der Waals surface area contributed by atoms with Gasteiger partial charge in [0.2, 0.25) is 16.9 Å². The third kappa shape index (κ3) is 7.16. The van der Waals surface area contributed by atoms with E-state index in [0.29, 0.717) is 47.6 Å². The van der Waals surface area contributed by atoms with E-state index in [1.807, 2.05) is 49.4 Å². The molecule has 3 rings (SSSR count). The van der Waals surface area contributed by atoms with Crippen molar-refractivity contribution in [1.29, 1.82) is 0 Å². The molecule has 0 aliphatic rings. The molecule has 3 aromatic rings. The van der Waals surface area contributed by atoms with Crippen molar-refractivity contribution in [1.82, 2.24) is 15.1 Å². The minimum Gasteiger partial charge on any atom is -0.497 e. The first-order valence-corrected chi connectivity index (χ1v) is 12.1. The van der Waals surface area contributed by atoms with E-state index in [2.05, 4.69) is 15.5 Å². The van der Waals surface area contributed by atoms with Gasteiger partial charge in [0.05, 0.1) is 21.3 Å². The second-order valence-corrected chi connectivity index (χ2v) is 8.59. The number of nitrogens with zero attached hydrogens (tertiary/aromatic N) is 3. The maximum atomic E-state index is 12.5. The molecule has 0 unspecified atom stereocenters. The average molecular weight is 499 g/mol. The zero-order chi connectivity index (χ0) is 25.2. The summed E-state index contributed by atoms with van der Waals surface area (Å²) in [6, 6.07) is 13.1. The lowest BCUT2D eigenvalue weighted by atomic mass is 10.1. The molecule has 9 nitrogen and oxygen atoms in total. The molecule has 0 spiro atoms. The van der Waals surface area contributed by atoms with Crippen molar-refractivity contribution < 1.29 is 23.8 Å². The number of benzene rings is 2. The Morgan fingerprint density at radius 3 is 2.34 bits per heavy atom. The van der Waals surface area contributed by atoms with Gasteiger partial charge >= 0.3 is 0 Å². The molecule has 10 heteroatoms. The Labute approximate surface area is 209 Å². The number of anilines is 1. The maximum Gasteiger partial charge on any atom is 0.227 e. The number of carbonyl (C=O) groups is 2. The summed E-state index contributed by atoms with van der Waals surface area (Å²) in [4.78, 5) is 26.7. The van der Waals surface area contributed by atoms with E-state index in [-0.39, 0.29) is 18.2 Å². The molecule has 1 heterocycles. The van der Waals surface area contributed by atoms with Gasteiger partial charge in [-0.3, -0.25) is 9.59 Å². The molecule has 0 aliphatic carbocycles. The number of nitrogens with one attached hydrogen (secondary N) is 1. The monoisotopic (exact) mass is 498 g/mol. The molecular formula is C25H30N4O5S. The lowest BCUT2D eigenvalue weighted by molar-refractivity contribution is -0.131. The van der Waals surface area contributed by atoms with Gasteiger partial charge in [0.25, 0.3) is 0 Å². The van der Waals surface area contributed by atoms with Crippen LogP contribution >= 0.6 is 11.3 Å². The summed E-state index contributed by atoms with van der Waals surface area (Å²) in [5.41, 5.74) is 1.90. The summed E-state index contributed by atoms with van der Waals surface area (Å²) in [5.74, 6) is 1.83. The van der Waals surface area contributed by atoms with E-state index in [1.165, 1.54) is 11.3 Å². The first kappa shape index (κ1) is 26.0. The molecule has 1 aromatic heterocycles. The summed E-state index contributed by atoms with van der Waals surface area (Å²) in [7, 11) is 4.79. The van der Waals surface area contributed by atoms with E-state index in [0.717, 1.165) is 16.9 Å². The highest BCUT2D eigenvalue weighted by atomic mass is 32.1. The smallest absolute Gasteiger partial charge is 0.227 e. The van der Waals surface area contributed by atoms with Gasteiger partial charge in [-0.2, -0.15) is 0 Å². The highest BCUT2D eigenvalue weighted by molar-refractivity contribution is 7.18. The van der Waals surface area contributed by atoms with Gasteiger partial charge in [-0.15, -0.1) is 10.2 Å². The number of aromatic nitrogens is 2. The van der Waals surface area contributed by atoms with Crippen LogP contribution in [0.25, 0.3) is 10.6 Å². The van der Waals surface area contributed by atoms with Gasteiger partial charge in [-0.1, -0.05) is 24.3 Å². The highest BCUT2D eigenvalue weighted by Gasteiger charge is 2.16. The number of ether oxygens (including phenoxy) is 3. The lowest BCUT2D eigenvalue weighted by Gasteiger charge is -2.22. The van der Waals surface area contributed by atoms with Crippen LogP contribution in [-0.4, -0.2) is 61.3 Å². The second-order valence-electron chi connectivity index (χ2n) is 7.61. The minimum atomic E-state index is -0.220. The normalized spacial score (nSPS) is 10.5. The fourth-order valence-electron chi connectivity index (χ4n) is 3.43. The molecule has 0 saturated carbocycles. The summed E-state index contributed by atoms with van der Waals surface area (Å²) in [5, 5.41) is 12.1. The first-order valence-electron chi connectivity index (χ1n) is 11.2. The number of rotatable bonds is 12. The molecule has 0 aliphatic heterocycles. The molecule has 0 saturated heterocycles. The topological polar surface area (TPSA) is 103 Å². The van der Waals surface area contributed by atoms with Crippen LogP contribution < -0.4 is 19.5 Å². The molecule has 1 N–H and O–H groups in total. The SMILES string of the molecule is CCC(=O)N(CCC(=O)Nc1nnc(-c2ccc(OC)cc2)s1)CCc1ccc(OC)c(OC)c1. The molecular weight excluding hydrogens is 468 g/mol. The predicted octanol–water partition coefficient (Wildman–Crippen LogP) is 4.04. The van der Waals surface area contributed by atoms with Crippen molar-refractivity contribution in [2.24, 2.45) is 0 Å². The molecule has 0 atom stereocenters. The van der Waals surface area contributed by atoms with E-state index in [9.17, 15) is 9.59 Å². The fraction of sp³-hybridized carbons (Fsp3) is 0.360. The van der Waals surface area contributed by atoms with Gasteiger partial charge < -0.3 is 24.4 Å². The van der Waals surface area contributed by atoms with Gasteiger partial charge in [0, 0.05) is 31.5 Å². The Kier molecular flexibility index (Phi) is 9.42. The lowest BCUT2D eigenvalue weighted by Crippen LogP contribution is -2.35. The molecule has 2 aromatic carbocycles. The molecule has 35 heavy (non-hydrogen) atoms. The van der Waals surface area contributed by atoms with Crippen LogP contribution in [0.4, 0.5) is 5.13 Å². The number of hydrogen-bond donors (Lipinski definition) is 1. The summed E-state index contributed by atoms with van der Waals surface area (Å²) >= 11 is 1.29. The molecule has 186 valence electrons. The zero-order valence-electron chi connectivity index (χ0n) is 20.4. The van der Waals surface area contributed by atoms with E-state index < -0.39 is 0 Å². The third-order valence-corrected chi connectivity index (χ3v) is 6.28. The Balaban J connectivity index is 1.55. The fourth-order valence-corrected chi connectivity index (χ4v) is 4.19. The van der Waals surface area contributed by atoms with Crippen molar-refractivity contribution in [3.8, 4) is 27.8 Å². The summed E-state index contributed by atoms with van der Waals surface area (Å²) in [6.45, 7) is 2.62. The standard InChI is InChI=1S/C25H30N4O5S/c1-5-23(31)29(14-12-17-6-11-20(33-3)21(16-17)34-4)15-13-22(30)26-25-28-27-24(35-25)18-7-9-19(32-2)10-8-18/h6-11,16H,5,12-15H2,1-4H3,(H,26,28,30). The van der Waals surface area contributed by atoms with Gasteiger partial charge in [0.1, 0.15) is 10.8 Å². The van der Waals surface area contributed by atoms with Crippen LogP contribution in [0.3, 0.4) is 0 Å². The molecule has 0 bridgehead atoms. The Hall–Kier alpha value is -3.66. The van der Waals surface area contributed by atoms with Crippen LogP contribution in [0.1, 0.15) is 25.3 Å². The highest BCUT2D eigenvalue weighted by Crippen LogP contribution is 2.29. The molecule has 2 amide bonds. The van der Waals surface area contributed by atoms with Gasteiger partial charge in [-0.05, 0) is 48.4 Å². The van der Waals surface area contributed by atoms with Crippen LogP contribution in [-0.2, 0) is 16.0 Å². The van der Waals surface area contributed by atoms with Gasteiger partial charge in [0.15, 0.2) is 11.5 Å². The van der Waals surface area contributed by atoms with Crippen molar-refractivity contribution in [3.05, 3.63) is 48.0 Å². The van der Waals surface area contributed by atoms with Gasteiger partial charge in [-0.25, -0.2) is 0 Å². The first-order chi connectivity index (χ1) is 17.0. The number of carbonyl (C=O) groups excluding carboxylic acids is 2. The largest absolute Gasteiger partial charge is 0.497 e. The second kappa shape index (κ2) is 12.7. The van der Waals surface area contributed by atoms with Crippen LogP contribution in [0.2, 0.25) is 0 Å². The summed E-state index contributed by atoms with van der Waals surface area (Å²) < 4.78 is 15.8.